The minimum atomic E-state index is -0.524. The smallest absolute Gasteiger partial charge is 0.311 e. The fourth-order valence-corrected chi connectivity index (χ4v) is 3.67. The zero-order chi connectivity index (χ0) is 19.6. The monoisotopic (exact) mass is 385 g/mol. The molecule has 0 saturated heterocycles. The van der Waals surface area contributed by atoms with Crippen LogP contribution in [0.1, 0.15) is 42.9 Å². The summed E-state index contributed by atoms with van der Waals surface area (Å²) in [5.74, 6) is 0.677. The molecular formula is C19H23N5O2S. The average molecular weight is 385 g/mol. The molecule has 0 unspecified atom stereocenters. The summed E-state index contributed by atoms with van der Waals surface area (Å²) in [6.07, 6.45) is 1.32. The molecule has 0 aliphatic heterocycles. The molecule has 2 heterocycles. The zero-order valence-electron chi connectivity index (χ0n) is 15.9. The molecule has 0 bridgehead atoms. The van der Waals surface area contributed by atoms with E-state index in [1.54, 1.807) is 11.8 Å². The number of aromatic nitrogens is 5. The predicted octanol–water partition coefficient (Wildman–Crippen LogP) is 2.74. The third-order valence-electron chi connectivity index (χ3n) is 4.35. The summed E-state index contributed by atoms with van der Waals surface area (Å²) in [4.78, 5) is 28.1. The van der Waals surface area contributed by atoms with E-state index in [1.165, 1.54) is 6.07 Å². The molecule has 1 atom stereocenters. The van der Waals surface area contributed by atoms with Crippen molar-refractivity contribution in [2.75, 3.05) is 0 Å². The van der Waals surface area contributed by atoms with Crippen LogP contribution in [-0.2, 0) is 6.42 Å². The van der Waals surface area contributed by atoms with Crippen molar-refractivity contribution in [3.63, 3.8) is 0 Å². The van der Waals surface area contributed by atoms with Gasteiger partial charge in [-0.3, -0.25) is 14.3 Å². The van der Waals surface area contributed by atoms with Crippen molar-refractivity contribution in [2.45, 2.75) is 50.9 Å². The third kappa shape index (κ3) is 4.39. The maximum Gasteiger partial charge on any atom is 0.325 e. The van der Waals surface area contributed by atoms with Crippen LogP contribution in [0.3, 0.4) is 0 Å². The molecule has 0 amide bonds. The van der Waals surface area contributed by atoms with Crippen molar-refractivity contribution >= 4 is 11.8 Å². The van der Waals surface area contributed by atoms with Gasteiger partial charge in [0.25, 0.3) is 5.56 Å². The Morgan fingerprint density at radius 3 is 2.63 bits per heavy atom. The number of benzene rings is 1. The minimum Gasteiger partial charge on any atom is -0.311 e. The quantitative estimate of drug-likeness (QED) is 0.636. The Bertz CT molecular complexity index is 1040. The van der Waals surface area contributed by atoms with Gasteiger partial charge in [0.1, 0.15) is 5.82 Å². The molecule has 142 valence electrons. The Labute approximate surface area is 161 Å². The Hall–Kier alpha value is -2.61. The first-order chi connectivity index (χ1) is 12.9. The second kappa shape index (κ2) is 7.96. The zero-order valence-corrected chi connectivity index (χ0v) is 16.7. The summed E-state index contributed by atoms with van der Waals surface area (Å²) in [6.45, 7) is 8.38. The van der Waals surface area contributed by atoms with Crippen LogP contribution in [0.2, 0.25) is 0 Å². The molecule has 0 aliphatic rings. The van der Waals surface area contributed by atoms with Crippen molar-refractivity contribution in [2.24, 2.45) is 0 Å². The van der Waals surface area contributed by atoms with Gasteiger partial charge < -0.3 is 4.98 Å². The maximum atomic E-state index is 11.6. The molecular weight excluding hydrogens is 362 g/mol. The first-order valence-electron chi connectivity index (χ1n) is 8.88. The van der Waals surface area contributed by atoms with Gasteiger partial charge in [0, 0.05) is 23.4 Å². The van der Waals surface area contributed by atoms with Gasteiger partial charge >= 0.3 is 5.69 Å². The van der Waals surface area contributed by atoms with E-state index in [9.17, 15) is 9.59 Å². The number of H-pyrrole nitrogens is 2. The van der Waals surface area contributed by atoms with Crippen LogP contribution in [0.4, 0.5) is 0 Å². The molecule has 3 aromatic rings. The fraction of sp³-hybridized carbons (Fsp3) is 0.368. The van der Waals surface area contributed by atoms with E-state index in [-0.39, 0.29) is 0 Å². The van der Waals surface area contributed by atoms with Crippen LogP contribution < -0.4 is 11.2 Å². The summed E-state index contributed by atoms with van der Waals surface area (Å²) >= 11 is 1.67. The van der Waals surface area contributed by atoms with Crippen molar-refractivity contribution in [1.82, 2.24) is 24.7 Å². The van der Waals surface area contributed by atoms with E-state index in [2.05, 4.69) is 52.2 Å². The number of aryl methyl sites for hydroxylation is 2. The summed E-state index contributed by atoms with van der Waals surface area (Å²) in [5.41, 5.74) is 2.80. The van der Waals surface area contributed by atoms with Crippen LogP contribution in [0, 0.1) is 13.8 Å². The summed E-state index contributed by atoms with van der Waals surface area (Å²) in [6, 6.07) is 7.62. The Balaban J connectivity index is 2.12. The molecule has 2 aromatic heterocycles. The van der Waals surface area contributed by atoms with Crippen LogP contribution in [0.5, 0.6) is 0 Å². The van der Waals surface area contributed by atoms with Crippen molar-refractivity contribution in [3.05, 3.63) is 67.7 Å². The SMILES string of the molecule is CC[C@@H](C)Sc1nnc(Cc2cc(=O)[nH]c(=O)[nH]2)n1-c1cc(C)ccc1C. The molecule has 1 aromatic carbocycles. The topological polar surface area (TPSA) is 96.4 Å². The summed E-state index contributed by atoms with van der Waals surface area (Å²) in [5, 5.41) is 9.95. The van der Waals surface area contributed by atoms with Crippen LogP contribution in [0.15, 0.2) is 39.0 Å². The normalized spacial score (nSPS) is 12.3. The molecule has 3 rings (SSSR count). The lowest BCUT2D eigenvalue weighted by atomic mass is 10.1. The molecule has 0 aliphatic carbocycles. The van der Waals surface area contributed by atoms with Gasteiger partial charge in [0.15, 0.2) is 5.16 Å². The molecule has 0 saturated carbocycles. The largest absolute Gasteiger partial charge is 0.325 e. The molecule has 2 N–H and O–H groups in total. The van der Waals surface area contributed by atoms with E-state index in [0.717, 1.165) is 28.4 Å². The fourth-order valence-electron chi connectivity index (χ4n) is 2.74. The predicted molar refractivity (Wildman–Crippen MR) is 107 cm³/mol. The molecule has 0 fully saturated rings. The highest BCUT2D eigenvalue weighted by molar-refractivity contribution is 7.99. The van der Waals surface area contributed by atoms with Gasteiger partial charge in [-0.2, -0.15) is 0 Å². The average Bonchev–Trinajstić information content (AvgIpc) is 2.98. The van der Waals surface area contributed by atoms with Gasteiger partial charge in [-0.1, -0.05) is 37.7 Å². The van der Waals surface area contributed by atoms with Crippen LogP contribution in [0.25, 0.3) is 5.69 Å². The summed E-state index contributed by atoms with van der Waals surface area (Å²) < 4.78 is 2.03. The number of nitrogens with zero attached hydrogens (tertiary/aromatic N) is 3. The second-order valence-electron chi connectivity index (χ2n) is 6.65. The standard InChI is InChI=1S/C19H23N5O2S/c1-5-13(4)27-19-23-22-16(9-14-10-17(25)21-18(26)20-14)24(19)15-8-11(2)6-7-12(15)3/h6-8,10,13H,5,9H2,1-4H3,(H2,20,21,25,26)/t13-/m1/s1. The lowest BCUT2D eigenvalue weighted by Gasteiger charge is -2.15. The molecule has 0 spiro atoms. The van der Waals surface area contributed by atoms with Gasteiger partial charge in [-0.25, -0.2) is 4.79 Å². The first kappa shape index (κ1) is 19.2. The molecule has 8 heteroatoms. The van der Waals surface area contributed by atoms with Gasteiger partial charge in [-0.15, -0.1) is 10.2 Å². The maximum absolute atomic E-state index is 11.6. The van der Waals surface area contributed by atoms with E-state index >= 15 is 0 Å². The van der Waals surface area contributed by atoms with E-state index in [1.807, 2.05) is 18.4 Å². The number of aromatic amines is 2. The highest BCUT2D eigenvalue weighted by Crippen LogP contribution is 2.29. The van der Waals surface area contributed by atoms with Crippen molar-refractivity contribution in [1.29, 1.82) is 0 Å². The first-order valence-corrected chi connectivity index (χ1v) is 9.76. The second-order valence-corrected chi connectivity index (χ2v) is 8.06. The Kier molecular flexibility index (Phi) is 5.65. The third-order valence-corrected chi connectivity index (χ3v) is 5.56. The van der Waals surface area contributed by atoms with Gasteiger partial charge in [-0.05, 0) is 37.5 Å². The number of nitrogens with one attached hydrogen (secondary N) is 2. The van der Waals surface area contributed by atoms with Crippen molar-refractivity contribution in [3.8, 4) is 5.69 Å². The van der Waals surface area contributed by atoms with E-state index in [0.29, 0.717) is 23.2 Å². The highest BCUT2D eigenvalue weighted by atomic mass is 32.2. The van der Waals surface area contributed by atoms with Crippen LogP contribution in [-0.4, -0.2) is 30.0 Å². The molecule has 0 radical (unpaired) electrons. The number of hydrogen-bond donors (Lipinski definition) is 2. The summed E-state index contributed by atoms with van der Waals surface area (Å²) in [7, 11) is 0. The van der Waals surface area contributed by atoms with Gasteiger partial charge in [0.2, 0.25) is 0 Å². The van der Waals surface area contributed by atoms with E-state index < -0.39 is 11.2 Å². The lowest BCUT2D eigenvalue weighted by Crippen LogP contribution is -2.23. The minimum absolute atomic E-state index is 0.306. The number of thioether (sulfide) groups is 1. The highest BCUT2D eigenvalue weighted by Gasteiger charge is 2.18. The molecule has 27 heavy (non-hydrogen) atoms. The van der Waals surface area contributed by atoms with E-state index in [4.69, 9.17) is 0 Å². The van der Waals surface area contributed by atoms with Crippen LogP contribution >= 0.6 is 11.8 Å². The number of rotatable bonds is 6. The lowest BCUT2D eigenvalue weighted by molar-refractivity contribution is 0.815. The molecule has 7 nitrogen and oxygen atoms in total. The number of hydrogen-bond acceptors (Lipinski definition) is 5. The van der Waals surface area contributed by atoms with Gasteiger partial charge in [0.05, 0.1) is 5.69 Å². The van der Waals surface area contributed by atoms with Crippen molar-refractivity contribution < 1.29 is 0 Å². The Morgan fingerprint density at radius 2 is 1.93 bits per heavy atom. The Morgan fingerprint density at radius 1 is 1.15 bits per heavy atom.